The highest BCUT2D eigenvalue weighted by Gasteiger charge is 2.27. The number of amides is 1. The van der Waals surface area contributed by atoms with Gasteiger partial charge in [0.05, 0.1) is 17.5 Å². The van der Waals surface area contributed by atoms with Gasteiger partial charge >= 0.3 is 0 Å². The van der Waals surface area contributed by atoms with E-state index in [2.05, 4.69) is 25.7 Å². The van der Waals surface area contributed by atoms with Crippen LogP contribution < -0.4 is 10.6 Å². The van der Waals surface area contributed by atoms with Crippen molar-refractivity contribution in [2.45, 2.75) is 38.6 Å². The van der Waals surface area contributed by atoms with E-state index in [0.29, 0.717) is 18.3 Å². The van der Waals surface area contributed by atoms with E-state index in [-0.39, 0.29) is 29.5 Å². The summed E-state index contributed by atoms with van der Waals surface area (Å²) < 4.78 is 24.6. The smallest absolute Gasteiger partial charge is 0.224 e. The van der Waals surface area contributed by atoms with Gasteiger partial charge in [0, 0.05) is 42.4 Å². The molecule has 10 heteroatoms. The van der Waals surface area contributed by atoms with Gasteiger partial charge in [-0.2, -0.15) is 10.1 Å². The van der Waals surface area contributed by atoms with E-state index in [1.54, 1.807) is 10.9 Å². The van der Waals surface area contributed by atoms with E-state index in [9.17, 15) is 13.2 Å². The number of nitrogens with zero attached hydrogens (tertiary/aromatic N) is 4. The molecular weight excluding hydrogens is 440 g/mol. The lowest BCUT2D eigenvalue weighted by molar-refractivity contribution is -0.126. The summed E-state index contributed by atoms with van der Waals surface area (Å²) in [5, 5.41) is 11.8. The van der Waals surface area contributed by atoms with E-state index in [4.69, 9.17) is 0 Å². The minimum atomic E-state index is -3.04. The first-order chi connectivity index (χ1) is 15.8. The second-order valence-corrected chi connectivity index (χ2v) is 11.2. The average Bonchev–Trinajstić information content (AvgIpc) is 3.21. The van der Waals surface area contributed by atoms with Crippen LogP contribution in [0.3, 0.4) is 0 Å². The lowest BCUT2D eigenvalue weighted by atomic mass is 9.85. The van der Waals surface area contributed by atoms with Crippen LogP contribution in [0.5, 0.6) is 0 Å². The minimum Gasteiger partial charge on any atom is -0.356 e. The van der Waals surface area contributed by atoms with Crippen molar-refractivity contribution >= 4 is 32.6 Å². The Hall–Kier alpha value is -3.01. The molecule has 0 spiro atoms. The monoisotopic (exact) mass is 470 g/mol. The first kappa shape index (κ1) is 23.2. The Balaban J connectivity index is 1.30. The van der Waals surface area contributed by atoms with Gasteiger partial charge in [-0.1, -0.05) is 25.1 Å². The number of hydrogen-bond acceptors (Lipinski definition) is 7. The average molecular weight is 471 g/mol. The van der Waals surface area contributed by atoms with Crippen molar-refractivity contribution in [3.63, 3.8) is 0 Å². The fraction of sp³-hybridized carbons (Fsp3) is 0.478. The van der Waals surface area contributed by atoms with Crippen LogP contribution in [0.2, 0.25) is 0 Å². The van der Waals surface area contributed by atoms with Gasteiger partial charge in [0.1, 0.15) is 9.84 Å². The summed E-state index contributed by atoms with van der Waals surface area (Å²) in [4.78, 5) is 21.5. The lowest BCUT2D eigenvalue weighted by Crippen LogP contribution is -2.38. The lowest BCUT2D eigenvalue weighted by Gasteiger charge is -2.28. The van der Waals surface area contributed by atoms with Crippen LogP contribution in [0.15, 0.2) is 42.7 Å². The molecule has 1 aliphatic carbocycles. The number of sulfone groups is 1. The molecule has 2 aromatic heterocycles. The van der Waals surface area contributed by atoms with Crippen LogP contribution >= 0.6 is 0 Å². The van der Waals surface area contributed by atoms with E-state index in [0.717, 1.165) is 36.6 Å². The fourth-order valence-corrected chi connectivity index (χ4v) is 5.52. The molecule has 1 atom stereocenters. The van der Waals surface area contributed by atoms with E-state index in [1.165, 1.54) is 6.26 Å². The molecule has 0 saturated heterocycles. The van der Waals surface area contributed by atoms with Crippen LogP contribution in [0, 0.1) is 11.8 Å². The van der Waals surface area contributed by atoms with Gasteiger partial charge in [-0.15, -0.1) is 0 Å². The van der Waals surface area contributed by atoms with Crippen molar-refractivity contribution < 1.29 is 13.2 Å². The largest absolute Gasteiger partial charge is 0.356 e. The summed E-state index contributed by atoms with van der Waals surface area (Å²) in [5.74, 6) is 1.20. The SMILES string of the molecule is C[C@H](CNC(=O)C1CCC(Nc2nccc(-n3ncc4ccccc43)n2)CC1)CS(C)(=O)=O. The first-order valence-electron chi connectivity index (χ1n) is 11.3. The maximum absolute atomic E-state index is 12.5. The van der Waals surface area contributed by atoms with Crippen molar-refractivity contribution in [2.75, 3.05) is 23.9 Å². The third-order valence-corrected chi connectivity index (χ3v) is 7.15. The Morgan fingerprint density at radius 3 is 2.70 bits per heavy atom. The van der Waals surface area contributed by atoms with Crippen molar-refractivity contribution in [1.82, 2.24) is 25.1 Å². The number of fused-ring (bicyclic) bond motifs is 1. The molecule has 2 N–H and O–H groups in total. The number of hydrogen-bond donors (Lipinski definition) is 2. The molecule has 1 aliphatic rings. The molecule has 4 rings (SSSR count). The molecule has 0 bridgehead atoms. The van der Waals surface area contributed by atoms with Gasteiger partial charge < -0.3 is 10.6 Å². The number of para-hydroxylation sites is 1. The Kier molecular flexibility index (Phi) is 6.92. The van der Waals surface area contributed by atoms with Crippen LogP contribution in [-0.2, 0) is 14.6 Å². The van der Waals surface area contributed by atoms with E-state index < -0.39 is 9.84 Å². The topological polar surface area (TPSA) is 119 Å². The number of aromatic nitrogens is 4. The van der Waals surface area contributed by atoms with Gasteiger partial charge in [-0.25, -0.2) is 18.1 Å². The van der Waals surface area contributed by atoms with Crippen molar-refractivity contribution in [3.8, 4) is 5.82 Å². The summed E-state index contributed by atoms with van der Waals surface area (Å²) in [6.07, 6.45) is 7.98. The molecule has 33 heavy (non-hydrogen) atoms. The van der Waals surface area contributed by atoms with E-state index in [1.807, 2.05) is 43.5 Å². The summed E-state index contributed by atoms with van der Waals surface area (Å²) in [7, 11) is -3.04. The van der Waals surface area contributed by atoms with Crippen molar-refractivity contribution in [3.05, 3.63) is 42.7 Å². The van der Waals surface area contributed by atoms with Crippen LogP contribution in [0.25, 0.3) is 16.7 Å². The van der Waals surface area contributed by atoms with Crippen LogP contribution in [0.4, 0.5) is 5.95 Å². The van der Waals surface area contributed by atoms with Gasteiger partial charge in [0.15, 0.2) is 5.82 Å². The van der Waals surface area contributed by atoms with Crippen LogP contribution in [0.1, 0.15) is 32.6 Å². The molecular formula is C23H30N6O3S. The van der Waals surface area contributed by atoms with Crippen molar-refractivity contribution in [2.24, 2.45) is 11.8 Å². The zero-order chi connectivity index (χ0) is 23.4. The quantitative estimate of drug-likeness (QED) is 0.519. The Labute approximate surface area is 193 Å². The third-order valence-electron chi connectivity index (χ3n) is 5.98. The van der Waals surface area contributed by atoms with Gasteiger partial charge in [-0.05, 0) is 37.7 Å². The molecule has 0 aliphatic heterocycles. The standard InChI is InChI=1S/C23H30N6O3S/c1-16(15-33(2,31)32)13-25-22(30)17-7-9-19(10-8-17)27-23-24-12-11-21(28-23)29-20-6-4-3-5-18(20)14-26-29/h3-6,11-12,14,16-17,19H,7-10,13,15H2,1-2H3,(H,25,30)(H,24,27,28)/t16-,17?,19?/m1/s1. The summed E-state index contributed by atoms with van der Waals surface area (Å²) in [6, 6.07) is 10.0. The van der Waals surface area contributed by atoms with Gasteiger partial charge in [-0.3, -0.25) is 4.79 Å². The molecule has 0 radical (unpaired) electrons. The predicted octanol–water partition coefficient (Wildman–Crippen LogP) is 2.58. The maximum atomic E-state index is 12.5. The number of anilines is 1. The highest BCUT2D eigenvalue weighted by atomic mass is 32.2. The zero-order valence-electron chi connectivity index (χ0n) is 18.9. The molecule has 1 saturated carbocycles. The number of carbonyl (C=O) groups is 1. The van der Waals surface area contributed by atoms with Crippen molar-refractivity contribution in [1.29, 1.82) is 0 Å². The summed E-state index contributed by atoms with van der Waals surface area (Å²) >= 11 is 0. The molecule has 0 unspecified atom stereocenters. The minimum absolute atomic E-state index is 0.0117. The zero-order valence-corrected chi connectivity index (χ0v) is 19.8. The Bertz CT molecular complexity index is 1220. The molecule has 2 heterocycles. The van der Waals surface area contributed by atoms with E-state index >= 15 is 0 Å². The van der Waals surface area contributed by atoms with Crippen LogP contribution in [-0.4, -0.2) is 58.7 Å². The highest BCUT2D eigenvalue weighted by Crippen LogP contribution is 2.26. The fourth-order valence-electron chi connectivity index (χ4n) is 4.37. The van der Waals surface area contributed by atoms with Gasteiger partial charge in [0.2, 0.25) is 11.9 Å². The Morgan fingerprint density at radius 2 is 1.94 bits per heavy atom. The number of rotatable bonds is 8. The Morgan fingerprint density at radius 1 is 1.18 bits per heavy atom. The summed E-state index contributed by atoms with van der Waals surface area (Å²) in [6.45, 7) is 2.22. The number of benzene rings is 1. The molecule has 3 aromatic rings. The normalized spacial score (nSPS) is 19.8. The summed E-state index contributed by atoms with van der Waals surface area (Å²) in [5.41, 5.74) is 0.986. The molecule has 1 aromatic carbocycles. The molecule has 176 valence electrons. The molecule has 9 nitrogen and oxygen atoms in total. The number of carbonyl (C=O) groups excluding carboxylic acids is 1. The highest BCUT2D eigenvalue weighted by molar-refractivity contribution is 7.90. The molecule has 1 amide bonds. The third kappa shape index (κ3) is 6.07. The molecule has 1 fully saturated rings. The maximum Gasteiger partial charge on any atom is 0.224 e. The first-order valence-corrected chi connectivity index (χ1v) is 13.3. The predicted molar refractivity (Wildman–Crippen MR) is 128 cm³/mol. The van der Waals surface area contributed by atoms with Gasteiger partial charge in [0.25, 0.3) is 0 Å². The second kappa shape index (κ2) is 9.86. The number of nitrogens with one attached hydrogen (secondary N) is 2. The second-order valence-electron chi connectivity index (χ2n) is 8.99.